The van der Waals surface area contributed by atoms with Gasteiger partial charge < -0.3 is 4.90 Å². The molecule has 20 heavy (non-hydrogen) atoms. The Kier molecular flexibility index (Phi) is 4.08. The summed E-state index contributed by atoms with van der Waals surface area (Å²) in [6, 6.07) is 2.37. The first-order chi connectivity index (χ1) is 9.41. The fourth-order valence-corrected chi connectivity index (χ4v) is 2.78. The maximum absolute atomic E-state index is 11.2. The first kappa shape index (κ1) is 14.5. The molecule has 1 aromatic carbocycles. The van der Waals surface area contributed by atoms with Gasteiger partial charge in [0.2, 0.25) is 0 Å². The Balaban J connectivity index is 2.63. The SMILES string of the molecule is C[C@@H]1CCCCN1c1c([N+](=O)[O-])cc(Cl)cc1[N+](=O)[O-]. The van der Waals surface area contributed by atoms with Crippen LogP contribution in [0.5, 0.6) is 0 Å². The standard InChI is InChI=1S/C12H14ClN3O4/c1-8-4-2-3-5-14(8)12-10(15(17)18)6-9(13)7-11(12)16(19)20/h6-8H,2-5H2,1H3/t8-/m1/s1. The smallest absolute Gasteiger partial charge is 0.301 e. The van der Waals surface area contributed by atoms with Gasteiger partial charge in [0.05, 0.1) is 14.9 Å². The summed E-state index contributed by atoms with van der Waals surface area (Å²) in [6.45, 7) is 2.49. The number of nitro groups is 2. The second-order valence-corrected chi connectivity index (χ2v) is 5.28. The van der Waals surface area contributed by atoms with Crippen LogP contribution in [-0.4, -0.2) is 22.4 Å². The molecule has 0 aromatic heterocycles. The summed E-state index contributed by atoms with van der Waals surface area (Å²) in [5, 5.41) is 22.4. The van der Waals surface area contributed by atoms with E-state index < -0.39 is 9.85 Å². The Labute approximate surface area is 120 Å². The van der Waals surface area contributed by atoms with Crippen molar-refractivity contribution in [3.63, 3.8) is 0 Å². The molecule has 1 saturated heterocycles. The van der Waals surface area contributed by atoms with Crippen LogP contribution in [0, 0.1) is 20.2 Å². The monoisotopic (exact) mass is 299 g/mol. The molecule has 1 aliphatic rings. The molecule has 7 nitrogen and oxygen atoms in total. The molecule has 0 unspecified atom stereocenters. The van der Waals surface area contributed by atoms with E-state index in [9.17, 15) is 20.2 Å². The molecule has 0 saturated carbocycles. The third kappa shape index (κ3) is 2.67. The summed E-state index contributed by atoms with van der Waals surface area (Å²) in [6.07, 6.45) is 2.74. The summed E-state index contributed by atoms with van der Waals surface area (Å²) in [7, 11) is 0. The Morgan fingerprint density at radius 2 is 1.75 bits per heavy atom. The molecule has 0 radical (unpaired) electrons. The lowest BCUT2D eigenvalue weighted by molar-refractivity contribution is -0.392. The van der Waals surface area contributed by atoms with E-state index in [-0.39, 0.29) is 28.1 Å². The molecular formula is C12H14ClN3O4. The summed E-state index contributed by atoms with van der Waals surface area (Å²) in [5.41, 5.74) is -0.549. The Bertz CT molecular complexity index is 529. The van der Waals surface area contributed by atoms with Crippen molar-refractivity contribution in [1.29, 1.82) is 0 Å². The predicted octanol–water partition coefficient (Wildman–Crippen LogP) is 3.54. The van der Waals surface area contributed by atoms with Crippen molar-refractivity contribution < 1.29 is 9.85 Å². The normalized spacial score (nSPS) is 18.9. The summed E-state index contributed by atoms with van der Waals surface area (Å²) < 4.78 is 0. The third-order valence-electron chi connectivity index (χ3n) is 3.52. The van der Waals surface area contributed by atoms with E-state index in [0.29, 0.717) is 6.54 Å². The van der Waals surface area contributed by atoms with Crippen LogP contribution in [0.4, 0.5) is 17.1 Å². The molecule has 2 rings (SSSR count). The lowest BCUT2D eigenvalue weighted by Gasteiger charge is -2.34. The van der Waals surface area contributed by atoms with Crippen LogP contribution in [0.1, 0.15) is 26.2 Å². The molecule has 0 bridgehead atoms. The topological polar surface area (TPSA) is 89.5 Å². The fraction of sp³-hybridized carbons (Fsp3) is 0.500. The number of rotatable bonds is 3. The van der Waals surface area contributed by atoms with Gasteiger partial charge in [-0.25, -0.2) is 0 Å². The van der Waals surface area contributed by atoms with Crippen LogP contribution >= 0.6 is 11.6 Å². The molecule has 1 heterocycles. The average molecular weight is 300 g/mol. The number of piperidine rings is 1. The largest absolute Gasteiger partial charge is 0.358 e. The fourth-order valence-electron chi connectivity index (χ4n) is 2.57. The zero-order chi connectivity index (χ0) is 14.9. The lowest BCUT2D eigenvalue weighted by atomic mass is 10.0. The Hall–Kier alpha value is -1.89. The van der Waals surface area contributed by atoms with Crippen molar-refractivity contribution in [2.24, 2.45) is 0 Å². The second-order valence-electron chi connectivity index (χ2n) is 4.85. The molecule has 0 aliphatic carbocycles. The van der Waals surface area contributed by atoms with Crippen molar-refractivity contribution in [2.75, 3.05) is 11.4 Å². The van der Waals surface area contributed by atoms with Crippen LogP contribution in [-0.2, 0) is 0 Å². The highest BCUT2D eigenvalue weighted by Gasteiger charge is 2.34. The second kappa shape index (κ2) is 5.62. The van der Waals surface area contributed by atoms with Gasteiger partial charge in [0.15, 0.2) is 5.69 Å². The molecular weight excluding hydrogens is 286 g/mol. The molecule has 1 fully saturated rings. The number of hydrogen-bond donors (Lipinski definition) is 0. The van der Waals surface area contributed by atoms with Gasteiger partial charge in [-0.15, -0.1) is 0 Å². The van der Waals surface area contributed by atoms with Gasteiger partial charge in [0, 0.05) is 24.7 Å². The zero-order valence-corrected chi connectivity index (χ0v) is 11.7. The van der Waals surface area contributed by atoms with E-state index in [1.54, 1.807) is 4.90 Å². The summed E-state index contributed by atoms with van der Waals surface area (Å²) in [4.78, 5) is 22.9. The number of hydrogen-bond acceptors (Lipinski definition) is 5. The van der Waals surface area contributed by atoms with Crippen LogP contribution in [0.15, 0.2) is 12.1 Å². The van der Waals surface area contributed by atoms with E-state index >= 15 is 0 Å². The van der Waals surface area contributed by atoms with Crippen LogP contribution < -0.4 is 4.90 Å². The van der Waals surface area contributed by atoms with Crippen molar-refractivity contribution in [3.8, 4) is 0 Å². The summed E-state index contributed by atoms with van der Waals surface area (Å²) >= 11 is 5.76. The number of anilines is 1. The number of benzene rings is 1. The van der Waals surface area contributed by atoms with Gasteiger partial charge in [-0.1, -0.05) is 11.6 Å². The minimum atomic E-state index is -0.616. The first-order valence-electron chi connectivity index (χ1n) is 6.30. The van der Waals surface area contributed by atoms with Crippen molar-refractivity contribution in [2.45, 2.75) is 32.2 Å². The molecule has 0 N–H and O–H groups in total. The van der Waals surface area contributed by atoms with Gasteiger partial charge in [0.1, 0.15) is 0 Å². The highest BCUT2D eigenvalue weighted by molar-refractivity contribution is 6.31. The molecule has 8 heteroatoms. The average Bonchev–Trinajstić information content (AvgIpc) is 2.38. The quantitative estimate of drug-likeness (QED) is 0.629. The lowest BCUT2D eigenvalue weighted by Crippen LogP contribution is -2.38. The van der Waals surface area contributed by atoms with Crippen molar-refractivity contribution in [3.05, 3.63) is 37.4 Å². The highest BCUT2D eigenvalue weighted by Crippen LogP contribution is 2.42. The highest BCUT2D eigenvalue weighted by atomic mass is 35.5. The van der Waals surface area contributed by atoms with E-state index in [1.165, 1.54) is 12.1 Å². The van der Waals surface area contributed by atoms with E-state index in [0.717, 1.165) is 19.3 Å². The zero-order valence-electron chi connectivity index (χ0n) is 10.9. The van der Waals surface area contributed by atoms with E-state index in [4.69, 9.17) is 11.6 Å². The van der Waals surface area contributed by atoms with Crippen LogP contribution in [0.3, 0.4) is 0 Å². The minimum absolute atomic E-state index is 0.00295. The summed E-state index contributed by atoms with van der Waals surface area (Å²) in [5.74, 6) is 0. The number of halogens is 1. The van der Waals surface area contributed by atoms with Gasteiger partial charge in [-0.3, -0.25) is 20.2 Å². The van der Waals surface area contributed by atoms with Gasteiger partial charge >= 0.3 is 11.4 Å². The minimum Gasteiger partial charge on any atom is -0.358 e. The maximum Gasteiger partial charge on any atom is 0.301 e. The number of nitrogens with zero attached hydrogens (tertiary/aromatic N) is 3. The van der Waals surface area contributed by atoms with Crippen LogP contribution in [0.2, 0.25) is 5.02 Å². The molecule has 108 valence electrons. The Morgan fingerprint density at radius 3 is 2.20 bits per heavy atom. The van der Waals surface area contributed by atoms with E-state index in [2.05, 4.69) is 0 Å². The number of nitro benzene ring substituents is 2. The molecule has 1 atom stereocenters. The molecule has 0 amide bonds. The molecule has 0 spiro atoms. The first-order valence-corrected chi connectivity index (χ1v) is 6.68. The molecule has 1 aromatic rings. The van der Waals surface area contributed by atoms with Crippen LogP contribution in [0.25, 0.3) is 0 Å². The predicted molar refractivity (Wildman–Crippen MR) is 75.4 cm³/mol. The van der Waals surface area contributed by atoms with Gasteiger partial charge in [-0.05, 0) is 26.2 Å². The van der Waals surface area contributed by atoms with E-state index in [1.807, 2.05) is 6.92 Å². The van der Waals surface area contributed by atoms with Gasteiger partial charge in [0.25, 0.3) is 0 Å². The van der Waals surface area contributed by atoms with Gasteiger partial charge in [-0.2, -0.15) is 0 Å². The van der Waals surface area contributed by atoms with Crippen molar-refractivity contribution in [1.82, 2.24) is 0 Å². The Morgan fingerprint density at radius 1 is 1.20 bits per heavy atom. The maximum atomic E-state index is 11.2. The van der Waals surface area contributed by atoms with Crippen molar-refractivity contribution >= 4 is 28.7 Å². The molecule has 1 aliphatic heterocycles. The third-order valence-corrected chi connectivity index (χ3v) is 3.74.